The molecule has 0 fully saturated rings. The first-order valence-corrected chi connectivity index (χ1v) is 9.14. The van der Waals surface area contributed by atoms with E-state index in [4.69, 9.17) is 10.5 Å². The molecule has 27 heavy (non-hydrogen) atoms. The van der Waals surface area contributed by atoms with Crippen LogP contribution < -0.4 is 21.1 Å². The molecule has 6 nitrogen and oxygen atoms in total. The second-order valence-corrected chi connectivity index (χ2v) is 6.35. The van der Waals surface area contributed by atoms with Gasteiger partial charge < -0.3 is 21.1 Å². The van der Waals surface area contributed by atoms with E-state index in [0.29, 0.717) is 30.2 Å². The summed E-state index contributed by atoms with van der Waals surface area (Å²) >= 11 is 0. The molecule has 0 aliphatic heterocycles. The van der Waals surface area contributed by atoms with Gasteiger partial charge in [-0.3, -0.25) is 9.59 Å². The van der Waals surface area contributed by atoms with Crippen LogP contribution in [0.15, 0.2) is 54.6 Å². The Kier molecular flexibility index (Phi) is 7.82. The number of benzene rings is 2. The van der Waals surface area contributed by atoms with Crippen molar-refractivity contribution < 1.29 is 14.3 Å². The van der Waals surface area contributed by atoms with Crippen molar-refractivity contribution in [2.24, 2.45) is 11.7 Å². The van der Waals surface area contributed by atoms with Crippen molar-refractivity contribution in [2.75, 3.05) is 18.5 Å². The van der Waals surface area contributed by atoms with Crippen LogP contribution in [-0.2, 0) is 4.79 Å². The fourth-order valence-corrected chi connectivity index (χ4v) is 2.55. The van der Waals surface area contributed by atoms with Crippen LogP contribution in [0.25, 0.3) is 0 Å². The molecule has 2 aromatic rings. The number of anilines is 1. The summed E-state index contributed by atoms with van der Waals surface area (Å²) in [6.07, 6.45) is 0.763. The molecule has 0 aliphatic carbocycles. The number of carbonyl (C=O) groups is 2. The van der Waals surface area contributed by atoms with Crippen molar-refractivity contribution >= 4 is 17.5 Å². The third kappa shape index (κ3) is 6.11. The monoisotopic (exact) mass is 369 g/mol. The van der Waals surface area contributed by atoms with Gasteiger partial charge >= 0.3 is 0 Å². The van der Waals surface area contributed by atoms with E-state index in [2.05, 4.69) is 10.6 Å². The van der Waals surface area contributed by atoms with E-state index in [1.54, 1.807) is 48.5 Å². The normalized spacial score (nSPS) is 12.7. The fourth-order valence-electron chi connectivity index (χ4n) is 2.55. The van der Waals surface area contributed by atoms with Gasteiger partial charge in [-0.15, -0.1) is 0 Å². The Hall–Kier alpha value is -2.86. The SMILES string of the molecule is CCC(C)C(NC(=O)c1ccccc1)C(=O)Nc1ccc(OCCN)cc1. The third-order valence-electron chi connectivity index (χ3n) is 4.33. The number of ether oxygens (including phenoxy) is 1. The standard InChI is InChI=1S/C21H27N3O3/c1-3-15(2)19(24-20(25)16-7-5-4-6-8-16)21(26)23-17-9-11-18(12-10-17)27-14-13-22/h4-12,15,19H,3,13-14,22H2,1-2H3,(H,23,26)(H,24,25). The van der Waals surface area contributed by atoms with Crippen LogP contribution in [0.2, 0.25) is 0 Å². The lowest BCUT2D eigenvalue weighted by Crippen LogP contribution is -2.47. The Morgan fingerprint density at radius 2 is 1.74 bits per heavy atom. The minimum atomic E-state index is -0.629. The molecule has 2 atom stereocenters. The van der Waals surface area contributed by atoms with E-state index in [1.165, 1.54) is 0 Å². The molecule has 0 saturated carbocycles. The fraction of sp³-hybridized carbons (Fsp3) is 0.333. The smallest absolute Gasteiger partial charge is 0.251 e. The van der Waals surface area contributed by atoms with Crippen LogP contribution in [0.1, 0.15) is 30.6 Å². The topological polar surface area (TPSA) is 93.5 Å². The van der Waals surface area contributed by atoms with Gasteiger partial charge in [0.25, 0.3) is 5.91 Å². The van der Waals surface area contributed by atoms with Crippen molar-refractivity contribution in [3.63, 3.8) is 0 Å². The van der Waals surface area contributed by atoms with E-state index in [1.807, 2.05) is 19.9 Å². The average molecular weight is 369 g/mol. The lowest BCUT2D eigenvalue weighted by atomic mass is 9.97. The number of hydrogen-bond acceptors (Lipinski definition) is 4. The van der Waals surface area contributed by atoms with Crippen molar-refractivity contribution in [1.82, 2.24) is 5.32 Å². The molecule has 0 spiro atoms. The van der Waals surface area contributed by atoms with Crippen LogP contribution in [0.3, 0.4) is 0 Å². The summed E-state index contributed by atoms with van der Waals surface area (Å²) in [7, 11) is 0. The third-order valence-corrected chi connectivity index (χ3v) is 4.33. The molecule has 144 valence electrons. The maximum absolute atomic E-state index is 12.8. The molecular weight excluding hydrogens is 342 g/mol. The van der Waals surface area contributed by atoms with Gasteiger partial charge in [0.15, 0.2) is 0 Å². The molecule has 0 bridgehead atoms. The van der Waals surface area contributed by atoms with Crippen molar-refractivity contribution in [3.8, 4) is 5.75 Å². The largest absolute Gasteiger partial charge is 0.492 e. The number of nitrogens with two attached hydrogens (primary N) is 1. The van der Waals surface area contributed by atoms with Crippen LogP contribution in [-0.4, -0.2) is 31.0 Å². The number of amides is 2. The highest BCUT2D eigenvalue weighted by Crippen LogP contribution is 2.17. The summed E-state index contributed by atoms with van der Waals surface area (Å²) < 4.78 is 5.43. The number of carbonyl (C=O) groups excluding carboxylic acids is 2. The van der Waals surface area contributed by atoms with Crippen molar-refractivity contribution in [3.05, 3.63) is 60.2 Å². The highest BCUT2D eigenvalue weighted by Gasteiger charge is 2.26. The highest BCUT2D eigenvalue weighted by molar-refractivity contribution is 6.01. The zero-order valence-electron chi connectivity index (χ0n) is 15.8. The zero-order chi connectivity index (χ0) is 19.6. The molecule has 6 heteroatoms. The summed E-state index contributed by atoms with van der Waals surface area (Å²) in [6.45, 7) is 4.81. The Morgan fingerprint density at radius 1 is 1.07 bits per heavy atom. The van der Waals surface area contributed by atoms with E-state index < -0.39 is 6.04 Å². The van der Waals surface area contributed by atoms with Gasteiger partial charge in [0.05, 0.1) is 0 Å². The van der Waals surface area contributed by atoms with Gasteiger partial charge in [-0.2, -0.15) is 0 Å². The quantitative estimate of drug-likeness (QED) is 0.634. The van der Waals surface area contributed by atoms with Crippen LogP contribution in [0.5, 0.6) is 5.75 Å². The molecule has 2 unspecified atom stereocenters. The summed E-state index contributed by atoms with van der Waals surface area (Å²) in [4.78, 5) is 25.2. The predicted octanol–water partition coefficient (Wildman–Crippen LogP) is 2.81. The first-order chi connectivity index (χ1) is 13.0. The summed E-state index contributed by atoms with van der Waals surface area (Å²) in [5.74, 6) is 0.171. The molecule has 0 radical (unpaired) electrons. The average Bonchev–Trinajstić information content (AvgIpc) is 2.71. The van der Waals surface area contributed by atoms with E-state index >= 15 is 0 Å². The Balaban J connectivity index is 2.05. The van der Waals surface area contributed by atoms with E-state index in [0.717, 1.165) is 6.42 Å². The predicted molar refractivity (Wildman–Crippen MR) is 107 cm³/mol. The Labute approximate surface area is 160 Å². The van der Waals surface area contributed by atoms with E-state index in [9.17, 15) is 9.59 Å². The number of nitrogens with one attached hydrogen (secondary N) is 2. The van der Waals surface area contributed by atoms with Crippen molar-refractivity contribution in [1.29, 1.82) is 0 Å². The number of hydrogen-bond donors (Lipinski definition) is 3. The van der Waals surface area contributed by atoms with Crippen LogP contribution >= 0.6 is 0 Å². The molecule has 0 aromatic heterocycles. The summed E-state index contributed by atoms with van der Waals surface area (Å²) in [5.41, 5.74) is 6.58. The summed E-state index contributed by atoms with van der Waals surface area (Å²) in [5, 5.41) is 5.72. The van der Waals surface area contributed by atoms with E-state index in [-0.39, 0.29) is 17.7 Å². The molecule has 2 amide bonds. The molecule has 2 rings (SSSR count). The van der Waals surface area contributed by atoms with Gasteiger partial charge in [-0.1, -0.05) is 38.5 Å². The molecule has 0 saturated heterocycles. The maximum Gasteiger partial charge on any atom is 0.251 e. The molecule has 0 aliphatic rings. The Morgan fingerprint density at radius 3 is 2.33 bits per heavy atom. The van der Waals surface area contributed by atoms with Gasteiger partial charge in [-0.25, -0.2) is 0 Å². The first-order valence-electron chi connectivity index (χ1n) is 9.14. The molecule has 0 heterocycles. The lowest BCUT2D eigenvalue weighted by Gasteiger charge is -2.23. The van der Waals surface area contributed by atoms with Gasteiger partial charge in [0.2, 0.25) is 5.91 Å². The van der Waals surface area contributed by atoms with Gasteiger partial charge in [0, 0.05) is 17.8 Å². The van der Waals surface area contributed by atoms with Crippen LogP contribution in [0.4, 0.5) is 5.69 Å². The maximum atomic E-state index is 12.8. The minimum Gasteiger partial charge on any atom is -0.492 e. The lowest BCUT2D eigenvalue weighted by molar-refractivity contribution is -0.119. The summed E-state index contributed by atoms with van der Waals surface area (Å²) in [6, 6.07) is 15.3. The minimum absolute atomic E-state index is 0.00942. The second-order valence-electron chi connectivity index (χ2n) is 6.35. The van der Waals surface area contributed by atoms with Gasteiger partial charge in [0.1, 0.15) is 18.4 Å². The molecular formula is C21H27N3O3. The first kappa shape index (κ1) is 20.5. The second kappa shape index (κ2) is 10.3. The zero-order valence-corrected chi connectivity index (χ0v) is 15.8. The van der Waals surface area contributed by atoms with Crippen LogP contribution in [0, 0.1) is 5.92 Å². The van der Waals surface area contributed by atoms with Gasteiger partial charge in [-0.05, 0) is 42.3 Å². The Bertz CT molecular complexity index is 732. The molecule has 2 aromatic carbocycles. The molecule has 4 N–H and O–H groups in total. The van der Waals surface area contributed by atoms with Crippen molar-refractivity contribution in [2.45, 2.75) is 26.3 Å². The number of rotatable bonds is 9. The highest BCUT2D eigenvalue weighted by atomic mass is 16.5.